The molecule has 4 fully saturated rings. The maximum atomic E-state index is 14.7. The summed E-state index contributed by atoms with van der Waals surface area (Å²) in [5, 5.41) is 10.6. The zero-order valence-corrected chi connectivity index (χ0v) is 39.4. The number of aryl methyl sites for hydroxylation is 1. The summed E-state index contributed by atoms with van der Waals surface area (Å²) in [5.74, 6) is -0.0902. The Kier molecular flexibility index (Phi) is 12.4. The molecule has 0 bridgehead atoms. The average Bonchev–Trinajstić information content (AvgIpc) is 4.02. The van der Waals surface area contributed by atoms with Gasteiger partial charge in [-0.25, -0.2) is 4.79 Å². The van der Waals surface area contributed by atoms with Crippen LogP contribution in [0, 0.1) is 0 Å². The molecule has 3 aromatic carbocycles. The van der Waals surface area contributed by atoms with Gasteiger partial charge in [-0.1, -0.05) is 36.4 Å². The van der Waals surface area contributed by atoms with Crippen molar-refractivity contribution in [3.8, 4) is 5.69 Å². The highest BCUT2D eigenvalue weighted by Crippen LogP contribution is 2.38. The Labute approximate surface area is 407 Å². The first-order chi connectivity index (χ1) is 34.3. The molecule has 1 N–H and O–H groups in total. The van der Waals surface area contributed by atoms with Crippen LogP contribution in [0.4, 0.5) is 18.9 Å². The minimum absolute atomic E-state index is 0.0179. The average molecular weight is 973 g/mol. The summed E-state index contributed by atoms with van der Waals surface area (Å²) in [6.45, 7) is 7.54. The number of imidazole rings is 1. The molecule has 0 unspecified atom stereocenters. The molecule has 11 rings (SSSR count). The topological polar surface area (TPSA) is 152 Å². The minimum Gasteiger partial charge on any atom is -0.379 e. The Bertz CT molecular complexity index is 3060. The van der Waals surface area contributed by atoms with Crippen LogP contribution in [-0.4, -0.2) is 121 Å². The fourth-order valence-electron chi connectivity index (χ4n) is 10.8. The van der Waals surface area contributed by atoms with Crippen LogP contribution in [-0.2, 0) is 70.4 Å². The van der Waals surface area contributed by atoms with Crippen LogP contribution in [0.25, 0.3) is 11.2 Å². The van der Waals surface area contributed by atoms with Crippen molar-refractivity contribution in [2.75, 3.05) is 57.4 Å². The number of amides is 3. The van der Waals surface area contributed by atoms with Gasteiger partial charge in [0, 0.05) is 108 Å². The number of likely N-dealkylation sites (tertiary alicyclic amines) is 1. The summed E-state index contributed by atoms with van der Waals surface area (Å²) in [7, 11) is 1.87. The number of aromatic nitrogens is 5. The van der Waals surface area contributed by atoms with Crippen LogP contribution in [0.5, 0.6) is 0 Å². The van der Waals surface area contributed by atoms with E-state index in [1.165, 1.54) is 28.6 Å². The van der Waals surface area contributed by atoms with E-state index in [9.17, 15) is 32.3 Å². The number of hydrogen-bond acceptors (Lipinski definition) is 11. The number of fused-ring (bicyclic) bond motifs is 2. The van der Waals surface area contributed by atoms with Crippen molar-refractivity contribution in [1.82, 2.24) is 43.7 Å². The largest absolute Gasteiger partial charge is 0.418 e. The molecule has 3 aromatic heterocycles. The Morgan fingerprint density at radius 2 is 1.56 bits per heavy atom. The summed E-state index contributed by atoms with van der Waals surface area (Å²) < 4.78 is 60.3. The highest BCUT2D eigenvalue weighted by molar-refractivity contribution is 6.05. The summed E-state index contributed by atoms with van der Waals surface area (Å²) in [6, 6.07) is 22.3. The Hall–Kier alpha value is -6.67. The second-order valence-corrected chi connectivity index (χ2v) is 19.8. The number of nitrogens with one attached hydrogen (secondary N) is 1. The van der Waals surface area contributed by atoms with Gasteiger partial charge in [-0.3, -0.25) is 38.5 Å². The van der Waals surface area contributed by atoms with Crippen molar-refractivity contribution >= 4 is 28.9 Å². The van der Waals surface area contributed by atoms with Crippen LogP contribution in [0.1, 0.15) is 75.2 Å². The maximum absolute atomic E-state index is 14.7. The number of halogens is 3. The molecule has 5 aliphatic heterocycles. The van der Waals surface area contributed by atoms with Crippen LogP contribution >= 0.6 is 0 Å². The molecule has 0 aliphatic carbocycles. The molecule has 8 heterocycles. The summed E-state index contributed by atoms with van der Waals surface area (Å²) in [5.41, 5.74) is 4.62. The molecule has 3 amide bonds. The number of anilines is 1. The number of ether oxygens (including phenoxy) is 2. The van der Waals surface area contributed by atoms with E-state index in [4.69, 9.17) is 9.47 Å². The van der Waals surface area contributed by atoms with Crippen molar-refractivity contribution in [2.45, 2.75) is 82.1 Å². The minimum atomic E-state index is -4.68. The predicted molar refractivity (Wildman–Crippen MR) is 255 cm³/mol. The van der Waals surface area contributed by atoms with Crippen LogP contribution in [0.3, 0.4) is 0 Å². The van der Waals surface area contributed by atoms with Crippen LogP contribution in [0.2, 0.25) is 0 Å². The number of carbonyl (C=O) groups excluding carboxylic acids is 3. The van der Waals surface area contributed by atoms with Gasteiger partial charge in [-0.15, -0.1) is 10.2 Å². The Morgan fingerprint density at radius 1 is 0.817 bits per heavy atom. The van der Waals surface area contributed by atoms with Crippen molar-refractivity contribution < 1.29 is 37.0 Å². The number of imide groups is 1. The lowest BCUT2D eigenvalue weighted by atomic mass is 9.75. The quantitative estimate of drug-likeness (QED) is 0.156. The smallest absolute Gasteiger partial charge is 0.379 e. The zero-order valence-electron chi connectivity index (χ0n) is 39.4. The standard InChI is InChI=1S/C52H55F3N10O6/c1-59-33-56-58-46(59)24-51(31-70-32-51)38-3-2-4-40(23-38)63-29-45-43(52(53,54)55)21-36(27-65(45)50(63)69)26-60-15-13-41(14-16-60)71-30-35-7-5-34(6-8-35)25-61-17-19-62(20-18-61)39-9-10-42-37(22-39)28-64(49(42)68)44-11-12-47(66)57-48(44)67/h2-10,21-23,27,29,33,41,44H,11-20,24-26,28,30-32H2,1H3,(H,57,66,67)/t44-/m1/s1. The van der Waals surface area contributed by atoms with Crippen LogP contribution in [0.15, 0.2) is 96.3 Å². The van der Waals surface area contributed by atoms with Crippen molar-refractivity contribution in [3.63, 3.8) is 0 Å². The number of alkyl halides is 3. The second kappa shape index (κ2) is 18.8. The van der Waals surface area contributed by atoms with E-state index in [1.54, 1.807) is 17.3 Å². The monoisotopic (exact) mass is 972 g/mol. The highest BCUT2D eigenvalue weighted by Gasteiger charge is 2.43. The van der Waals surface area contributed by atoms with Crippen LogP contribution < -0.4 is 15.9 Å². The number of benzene rings is 3. The SMILES string of the molecule is Cn1cnnc1CC1(c2cccc(-n3cc4c(C(F)(F)F)cc(CN5CCC(OCc6ccc(CN7CCN(c8ccc9c(c8)CN([C@@H]8CCC(=O)NC8=O)C9=O)CC7)cc6)CC5)cn4c3=O)c2)COC1. The molecule has 6 aromatic rings. The molecule has 0 spiro atoms. The summed E-state index contributed by atoms with van der Waals surface area (Å²) in [4.78, 5) is 59.7. The third kappa shape index (κ3) is 9.38. The van der Waals surface area contributed by atoms with Gasteiger partial charge in [0.25, 0.3) is 5.91 Å². The fraction of sp³-hybridized carbons (Fsp3) is 0.423. The maximum Gasteiger partial charge on any atom is 0.418 e. The molecule has 370 valence electrons. The lowest BCUT2D eigenvalue weighted by Gasteiger charge is -2.41. The predicted octanol–water partition coefficient (Wildman–Crippen LogP) is 5.01. The van der Waals surface area contributed by atoms with E-state index in [2.05, 4.69) is 60.5 Å². The number of pyridine rings is 1. The van der Waals surface area contributed by atoms with E-state index in [0.29, 0.717) is 69.1 Å². The van der Waals surface area contributed by atoms with Gasteiger partial charge in [0.15, 0.2) is 0 Å². The number of hydrogen-bond donors (Lipinski definition) is 1. The third-order valence-corrected chi connectivity index (χ3v) is 15.0. The summed E-state index contributed by atoms with van der Waals surface area (Å²) >= 11 is 0. The molecule has 16 nitrogen and oxygen atoms in total. The van der Waals surface area contributed by atoms with Gasteiger partial charge >= 0.3 is 11.9 Å². The van der Waals surface area contributed by atoms with Gasteiger partial charge in [0.1, 0.15) is 18.2 Å². The molecule has 0 saturated carbocycles. The molecule has 0 radical (unpaired) electrons. The molecule has 71 heavy (non-hydrogen) atoms. The zero-order chi connectivity index (χ0) is 49.0. The molecule has 5 aliphatic rings. The highest BCUT2D eigenvalue weighted by atomic mass is 19.4. The van der Waals surface area contributed by atoms with E-state index in [1.807, 2.05) is 41.9 Å². The first kappa shape index (κ1) is 46.7. The van der Waals surface area contributed by atoms with Crippen molar-refractivity contribution in [3.05, 3.63) is 147 Å². The van der Waals surface area contributed by atoms with Gasteiger partial charge in [0.2, 0.25) is 11.8 Å². The fourth-order valence-corrected chi connectivity index (χ4v) is 10.8. The summed E-state index contributed by atoms with van der Waals surface area (Å²) in [6.07, 6.45) is 2.40. The van der Waals surface area contributed by atoms with Gasteiger partial charge in [-0.2, -0.15) is 13.2 Å². The number of nitrogens with zero attached hydrogens (tertiary/aromatic N) is 9. The van der Waals surface area contributed by atoms with Crippen molar-refractivity contribution in [2.24, 2.45) is 7.05 Å². The number of piperidine rings is 2. The second-order valence-electron chi connectivity index (χ2n) is 19.8. The van der Waals surface area contributed by atoms with E-state index >= 15 is 0 Å². The number of piperazine rings is 1. The molecule has 4 saturated heterocycles. The first-order valence-electron chi connectivity index (χ1n) is 24.3. The van der Waals surface area contributed by atoms with E-state index < -0.39 is 34.8 Å². The van der Waals surface area contributed by atoms with E-state index in [0.717, 1.165) is 78.2 Å². The lowest BCUT2D eigenvalue weighted by Crippen LogP contribution is -2.52. The van der Waals surface area contributed by atoms with Crippen molar-refractivity contribution in [1.29, 1.82) is 0 Å². The number of rotatable bonds is 13. The van der Waals surface area contributed by atoms with Gasteiger partial charge in [0.05, 0.1) is 42.7 Å². The third-order valence-electron chi connectivity index (χ3n) is 15.0. The van der Waals surface area contributed by atoms with Gasteiger partial charge < -0.3 is 23.8 Å². The van der Waals surface area contributed by atoms with E-state index in [-0.39, 0.29) is 36.4 Å². The molecular formula is C52H55F3N10O6. The molecule has 19 heteroatoms. The number of carbonyl (C=O) groups is 3. The Morgan fingerprint density at radius 3 is 2.27 bits per heavy atom. The molecule has 1 atom stereocenters. The first-order valence-corrected chi connectivity index (χ1v) is 24.3. The lowest BCUT2D eigenvalue weighted by molar-refractivity contribution is -0.137. The van der Waals surface area contributed by atoms with Gasteiger partial charge in [-0.05, 0) is 83.5 Å². The Balaban J connectivity index is 0.659. The molecular weight excluding hydrogens is 918 g/mol. The normalized spacial score (nSPS) is 20.2.